The Morgan fingerprint density at radius 1 is 1.16 bits per heavy atom. The molecular formula is C21H26N2O2. The summed E-state index contributed by atoms with van der Waals surface area (Å²) in [5, 5.41) is 0. The van der Waals surface area contributed by atoms with Crippen LogP contribution < -0.4 is 9.64 Å². The monoisotopic (exact) mass is 338 g/mol. The van der Waals surface area contributed by atoms with E-state index in [0.29, 0.717) is 19.1 Å². The highest BCUT2D eigenvalue weighted by Crippen LogP contribution is 2.32. The van der Waals surface area contributed by atoms with Gasteiger partial charge in [-0.25, -0.2) is 0 Å². The van der Waals surface area contributed by atoms with Gasteiger partial charge >= 0.3 is 0 Å². The summed E-state index contributed by atoms with van der Waals surface area (Å²) in [7, 11) is 1.68. The molecule has 0 bridgehead atoms. The third-order valence-corrected chi connectivity index (χ3v) is 4.89. The number of carbonyl (C=O) groups is 1. The molecule has 1 saturated heterocycles. The summed E-state index contributed by atoms with van der Waals surface area (Å²) in [6, 6.07) is 18.4. The van der Waals surface area contributed by atoms with Crippen LogP contribution in [0.1, 0.15) is 31.4 Å². The Labute approximate surface area is 150 Å². The minimum absolute atomic E-state index is 0.161. The first-order chi connectivity index (χ1) is 12.2. The van der Waals surface area contributed by atoms with Gasteiger partial charge in [-0.2, -0.15) is 0 Å². The first-order valence-electron chi connectivity index (χ1n) is 8.96. The van der Waals surface area contributed by atoms with Gasteiger partial charge in [0.25, 0.3) is 0 Å². The molecule has 1 aliphatic rings. The zero-order chi connectivity index (χ0) is 17.6. The van der Waals surface area contributed by atoms with Crippen LogP contribution in [0.2, 0.25) is 0 Å². The third kappa shape index (κ3) is 4.02. The summed E-state index contributed by atoms with van der Waals surface area (Å²) in [4.78, 5) is 17.0. The van der Waals surface area contributed by atoms with E-state index in [1.54, 1.807) is 7.11 Å². The van der Waals surface area contributed by atoms with E-state index in [2.05, 4.69) is 17.0 Å². The van der Waals surface area contributed by atoms with Crippen molar-refractivity contribution in [2.24, 2.45) is 0 Å². The largest absolute Gasteiger partial charge is 0.497 e. The Balaban J connectivity index is 1.70. The number of benzene rings is 2. The zero-order valence-electron chi connectivity index (χ0n) is 15.0. The van der Waals surface area contributed by atoms with Crippen LogP contribution in [0.15, 0.2) is 54.6 Å². The SMILES string of the molecule is CCN(C(=O)CN1CCC[C@H]1c1ccc(OC)cc1)c1ccccc1. The van der Waals surface area contributed by atoms with E-state index >= 15 is 0 Å². The lowest BCUT2D eigenvalue weighted by molar-refractivity contribution is -0.119. The molecule has 0 spiro atoms. The van der Waals surface area contributed by atoms with E-state index in [9.17, 15) is 4.79 Å². The first kappa shape index (κ1) is 17.5. The molecule has 4 nitrogen and oxygen atoms in total. The van der Waals surface area contributed by atoms with Crippen LogP contribution in [-0.2, 0) is 4.79 Å². The fourth-order valence-electron chi connectivity index (χ4n) is 3.59. The predicted octanol–water partition coefficient (Wildman–Crippen LogP) is 3.89. The Morgan fingerprint density at radius 3 is 2.52 bits per heavy atom. The maximum absolute atomic E-state index is 12.9. The number of carbonyl (C=O) groups excluding carboxylic acids is 1. The van der Waals surface area contributed by atoms with Gasteiger partial charge in [-0.1, -0.05) is 30.3 Å². The third-order valence-electron chi connectivity index (χ3n) is 4.89. The number of amides is 1. The van der Waals surface area contributed by atoms with E-state index in [1.807, 2.05) is 54.3 Å². The molecule has 0 unspecified atom stereocenters. The van der Waals surface area contributed by atoms with Crippen molar-refractivity contribution in [1.82, 2.24) is 4.90 Å². The Bertz CT molecular complexity index is 685. The minimum Gasteiger partial charge on any atom is -0.497 e. The molecular weight excluding hydrogens is 312 g/mol. The van der Waals surface area contributed by atoms with E-state index in [1.165, 1.54) is 5.56 Å². The van der Waals surface area contributed by atoms with Gasteiger partial charge in [0.2, 0.25) is 5.91 Å². The van der Waals surface area contributed by atoms with Crippen molar-refractivity contribution in [3.8, 4) is 5.75 Å². The van der Waals surface area contributed by atoms with E-state index in [0.717, 1.165) is 30.8 Å². The van der Waals surface area contributed by atoms with Gasteiger partial charge in [-0.15, -0.1) is 0 Å². The maximum Gasteiger partial charge on any atom is 0.241 e. The fraction of sp³-hybridized carbons (Fsp3) is 0.381. The van der Waals surface area contributed by atoms with Crippen LogP contribution in [0.25, 0.3) is 0 Å². The Hall–Kier alpha value is -2.33. The number of ether oxygens (including phenoxy) is 1. The molecule has 2 aromatic rings. The van der Waals surface area contributed by atoms with Gasteiger partial charge in [-0.05, 0) is 56.1 Å². The molecule has 2 aromatic carbocycles. The van der Waals surface area contributed by atoms with Crippen molar-refractivity contribution in [3.05, 3.63) is 60.2 Å². The topological polar surface area (TPSA) is 32.8 Å². The molecule has 0 saturated carbocycles. The highest BCUT2D eigenvalue weighted by molar-refractivity contribution is 5.94. The number of hydrogen-bond acceptors (Lipinski definition) is 3. The molecule has 1 heterocycles. The molecule has 0 aliphatic carbocycles. The minimum atomic E-state index is 0.161. The molecule has 1 amide bonds. The number of rotatable bonds is 6. The molecule has 132 valence electrons. The van der Waals surface area contributed by atoms with Crippen molar-refractivity contribution in [2.45, 2.75) is 25.8 Å². The van der Waals surface area contributed by atoms with Gasteiger partial charge in [0.1, 0.15) is 5.75 Å². The molecule has 3 rings (SSSR count). The number of hydrogen-bond donors (Lipinski definition) is 0. The van der Waals surface area contributed by atoms with Crippen molar-refractivity contribution in [2.75, 3.05) is 31.6 Å². The van der Waals surface area contributed by atoms with Crippen LogP contribution in [0, 0.1) is 0 Å². The van der Waals surface area contributed by atoms with Gasteiger partial charge in [0.05, 0.1) is 13.7 Å². The first-order valence-corrected chi connectivity index (χ1v) is 8.96. The van der Waals surface area contributed by atoms with E-state index in [-0.39, 0.29) is 5.91 Å². The second-order valence-corrected chi connectivity index (χ2v) is 6.38. The second kappa shape index (κ2) is 8.17. The summed E-state index contributed by atoms with van der Waals surface area (Å²) in [6.45, 7) is 4.13. The van der Waals surface area contributed by atoms with E-state index in [4.69, 9.17) is 4.74 Å². The average Bonchev–Trinajstić information content (AvgIpc) is 3.11. The van der Waals surface area contributed by atoms with Crippen molar-refractivity contribution in [3.63, 3.8) is 0 Å². The predicted molar refractivity (Wildman–Crippen MR) is 101 cm³/mol. The number of methoxy groups -OCH3 is 1. The molecule has 0 radical (unpaired) electrons. The summed E-state index contributed by atoms with van der Waals surface area (Å²) < 4.78 is 5.24. The van der Waals surface area contributed by atoms with Crippen molar-refractivity contribution >= 4 is 11.6 Å². The normalized spacial score (nSPS) is 17.4. The molecule has 0 aromatic heterocycles. The molecule has 1 aliphatic heterocycles. The number of nitrogens with zero attached hydrogens (tertiary/aromatic N) is 2. The molecule has 0 N–H and O–H groups in total. The lowest BCUT2D eigenvalue weighted by Gasteiger charge is -2.28. The quantitative estimate of drug-likeness (QED) is 0.801. The van der Waals surface area contributed by atoms with Crippen molar-refractivity contribution in [1.29, 1.82) is 0 Å². The van der Waals surface area contributed by atoms with Crippen LogP contribution in [0.5, 0.6) is 5.75 Å². The fourth-order valence-corrected chi connectivity index (χ4v) is 3.59. The number of likely N-dealkylation sites (tertiary alicyclic amines) is 1. The highest BCUT2D eigenvalue weighted by Gasteiger charge is 2.29. The van der Waals surface area contributed by atoms with Crippen LogP contribution in [0.4, 0.5) is 5.69 Å². The lowest BCUT2D eigenvalue weighted by Crippen LogP contribution is -2.40. The summed E-state index contributed by atoms with van der Waals surface area (Å²) >= 11 is 0. The highest BCUT2D eigenvalue weighted by atomic mass is 16.5. The number of para-hydroxylation sites is 1. The van der Waals surface area contributed by atoms with Gasteiger partial charge < -0.3 is 9.64 Å². The summed E-state index contributed by atoms with van der Waals surface area (Å²) in [5.74, 6) is 1.03. The summed E-state index contributed by atoms with van der Waals surface area (Å²) in [6.07, 6.45) is 2.22. The average molecular weight is 338 g/mol. The number of likely N-dealkylation sites (N-methyl/N-ethyl adjacent to an activating group) is 1. The smallest absolute Gasteiger partial charge is 0.241 e. The molecule has 4 heteroatoms. The summed E-state index contributed by atoms with van der Waals surface area (Å²) in [5.41, 5.74) is 2.23. The van der Waals surface area contributed by atoms with E-state index < -0.39 is 0 Å². The second-order valence-electron chi connectivity index (χ2n) is 6.38. The lowest BCUT2D eigenvalue weighted by atomic mass is 10.0. The molecule has 1 fully saturated rings. The zero-order valence-corrected chi connectivity index (χ0v) is 15.0. The Kier molecular flexibility index (Phi) is 5.71. The maximum atomic E-state index is 12.9. The van der Waals surface area contributed by atoms with Crippen molar-refractivity contribution < 1.29 is 9.53 Å². The van der Waals surface area contributed by atoms with Crippen LogP contribution in [0.3, 0.4) is 0 Å². The standard InChI is InChI=1S/C21H26N2O2/c1-3-23(18-8-5-4-6-9-18)21(24)16-22-15-7-10-20(22)17-11-13-19(25-2)14-12-17/h4-6,8-9,11-14,20H,3,7,10,15-16H2,1-2H3/t20-/m0/s1. The number of anilines is 1. The van der Waals surface area contributed by atoms with Gasteiger partial charge in [-0.3, -0.25) is 9.69 Å². The van der Waals surface area contributed by atoms with Crippen LogP contribution >= 0.6 is 0 Å². The molecule has 1 atom stereocenters. The molecule has 25 heavy (non-hydrogen) atoms. The van der Waals surface area contributed by atoms with Gasteiger partial charge in [0.15, 0.2) is 0 Å². The van der Waals surface area contributed by atoms with Crippen LogP contribution in [-0.4, -0.2) is 37.6 Å². The Morgan fingerprint density at radius 2 is 1.88 bits per heavy atom. The van der Waals surface area contributed by atoms with Gasteiger partial charge in [0, 0.05) is 18.3 Å².